The molecule has 0 radical (unpaired) electrons. The molecule has 0 aromatic heterocycles. The molecule has 5 fully saturated rings. The minimum atomic E-state index is -2.52. The van der Waals surface area contributed by atoms with Crippen molar-refractivity contribution in [3.8, 4) is 0 Å². The van der Waals surface area contributed by atoms with Crippen molar-refractivity contribution in [1.82, 2.24) is 0 Å². The molecule has 0 amide bonds. The van der Waals surface area contributed by atoms with E-state index in [-0.39, 0.29) is 42.9 Å². The molecule has 0 N–H and O–H groups in total. The van der Waals surface area contributed by atoms with Crippen LogP contribution in [0.25, 0.3) is 0 Å². The summed E-state index contributed by atoms with van der Waals surface area (Å²) in [5.74, 6) is -0.378. The third-order valence-electron chi connectivity index (χ3n) is 17.7. The van der Waals surface area contributed by atoms with Crippen LogP contribution in [0, 0.1) is 0 Å². The van der Waals surface area contributed by atoms with Crippen LogP contribution in [0.15, 0.2) is 116 Å². The van der Waals surface area contributed by atoms with E-state index < -0.39 is 65.4 Å². The number of allylic oxidation sites excluding steroid dienone is 1. The molecule has 0 saturated carbocycles. The van der Waals surface area contributed by atoms with Crippen LogP contribution >= 0.6 is 0 Å². The van der Waals surface area contributed by atoms with E-state index in [1.54, 1.807) is 0 Å². The van der Waals surface area contributed by atoms with Gasteiger partial charge in [-0.05, 0) is 19.4 Å². The van der Waals surface area contributed by atoms with Crippen LogP contribution in [0.1, 0.15) is 161 Å². The average molecular weight is 1170 g/mol. The van der Waals surface area contributed by atoms with Gasteiger partial charge >= 0.3 is 278 Å². The molecule has 0 bridgehead atoms. The Morgan fingerprint density at radius 1 is 0.727 bits per heavy atom. The van der Waals surface area contributed by atoms with Gasteiger partial charge in [0.25, 0.3) is 0 Å². The van der Waals surface area contributed by atoms with Crippen molar-refractivity contribution in [2.75, 3.05) is 13.2 Å². The van der Waals surface area contributed by atoms with Gasteiger partial charge in [0.2, 0.25) is 0 Å². The first kappa shape index (κ1) is 60.0. The van der Waals surface area contributed by atoms with E-state index in [4.69, 9.17) is 47.4 Å². The fourth-order valence-corrected chi connectivity index (χ4v) is 28.1. The van der Waals surface area contributed by atoms with Gasteiger partial charge in [-0.2, -0.15) is 0 Å². The van der Waals surface area contributed by atoms with Gasteiger partial charge < -0.3 is 18.9 Å². The van der Waals surface area contributed by atoms with Gasteiger partial charge in [-0.1, -0.05) is 97.1 Å². The number of benzene rings is 3. The fourth-order valence-electron chi connectivity index (χ4n) is 13.0. The van der Waals surface area contributed by atoms with E-state index in [1.165, 1.54) is 51.8 Å². The molecular weight excluding hydrogens is 1080 g/mol. The Kier molecular flexibility index (Phi) is 21.9. The zero-order chi connectivity index (χ0) is 54.4. The minimum absolute atomic E-state index is 0.0227. The first-order valence-electron chi connectivity index (χ1n) is 29.7. The van der Waals surface area contributed by atoms with Crippen molar-refractivity contribution in [1.29, 1.82) is 0 Å². The normalized spacial score (nSPS) is 33.2. The molecule has 5 aliphatic rings. The third-order valence-corrected chi connectivity index (χ3v) is 32.9. The van der Waals surface area contributed by atoms with Crippen molar-refractivity contribution in [3.63, 3.8) is 0 Å². The van der Waals surface area contributed by atoms with Gasteiger partial charge in [-0.3, -0.25) is 0 Å². The SMILES string of the molecule is C=CC[C@]1(C)O[C@@H]2C[C@@H]3O[C@H](c4ccccc4)OC[C@@]3(C)O[C@@]2(C)C[C@H]1OC(=O)C[C@H]1O[C@@]2(C)[C@@H](OCc3ccccc3)C[C@@H](CCCOCc3ccccc3)O[C@@H]2C[C@@H]1O/C=C\[CH2][Sn]([CH2]CCC)([CH2]CCC)[CH2]CCC. The molecule has 424 valence electrons. The predicted molar refractivity (Wildman–Crippen MR) is 305 cm³/mol. The topological polar surface area (TPSA) is 109 Å². The second-order valence-electron chi connectivity index (χ2n) is 24.0. The number of esters is 1. The van der Waals surface area contributed by atoms with Crippen LogP contribution in [-0.4, -0.2) is 109 Å². The van der Waals surface area contributed by atoms with E-state index in [1.807, 2.05) is 86.0 Å². The Balaban J connectivity index is 1.01. The summed E-state index contributed by atoms with van der Waals surface area (Å²) in [5, 5.41) is 0. The monoisotopic (exact) mass is 1170 g/mol. The zero-order valence-electron chi connectivity index (χ0n) is 47.8. The van der Waals surface area contributed by atoms with Crippen LogP contribution < -0.4 is 0 Å². The second kappa shape index (κ2) is 28.0. The second-order valence-corrected chi connectivity index (χ2v) is 38.0. The Bertz CT molecular complexity index is 2260. The zero-order valence-corrected chi connectivity index (χ0v) is 50.7. The Hall–Kier alpha value is -3.11. The van der Waals surface area contributed by atoms with Crippen molar-refractivity contribution in [2.24, 2.45) is 0 Å². The molecule has 12 heteroatoms. The quantitative estimate of drug-likeness (QED) is 0.0228. The molecule has 0 spiro atoms. The molecule has 5 aliphatic heterocycles. The van der Waals surface area contributed by atoms with E-state index >= 15 is 0 Å². The first-order valence-corrected chi connectivity index (χ1v) is 37.7. The van der Waals surface area contributed by atoms with Gasteiger partial charge in [0.15, 0.2) is 6.29 Å². The Morgan fingerprint density at radius 3 is 2.03 bits per heavy atom. The van der Waals surface area contributed by atoms with E-state index in [2.05, 4.69) is 78.5 Å². The van der Waals surface area contributed by atoms with Crippen molar-refractivity contribution >= 4 is 24.3 Å². The fraction of sp³-hybridized carbons (Fsp3) is 0.646. The maximum atomic E-state index is 14.9. The Morgan fingerprint density at radius 2 is 1.38 bits per heavy atom. The first-order chi connectivity index (χ1) is 37.2. The van der Waals surface area contributed by atoms with Crippen molar-refractivity contribution in [3.05, 3.63) is 133 Å². The Labute approximate surface area is 466 Å². The van der Waals surface area contributed by atoms with Gasteiger partial charge in [0.1, 0.15) is 5.60 Å². The summed E-state index contributed by atoms with van der Waals surface area (Å²) in [5.41, 5.74) is -0.0566. The number of hydrogen-bond acceptors (Lipinski definition) is 11. The van der Waals surface area contributed by atoms with Crippen LogP contribution in [0.4, 0.5) is 0 Å². The van der Waals surface area contributed by atoms with Crippen LogP contribution in [0.5, 0.6) is 0 Å². The molecule has 13 atom stereocenters. The maximum absolute atomic E-state index is 14.9. The molecule has 0 aliphatic carbocycles. The van der Waals surface area contributed by atoms with E-state index in [0.29, 0.717) is 58.5 Å². The van der Waals surface area contributed by atoms with E-state index in [9.17, 15) is 4.79 Å². The molecule has 77 heavy (non-hydrogen) atoms. The molecule has 11 nitrogen and oxygen atoms in total. The van der Waals surface area contributed by atoms with Crippen LogP contribution in [-0.2, 0) is 65.4 Å². The van der Waals surface area contributed by atoms with Crippen molar-refractivity contribution in [2.45, 2.75) is 247 Å². The number of carbonyl (C=O) groups excluding carboxylic acids is 1. The average Bonchev–Trinajstić information content (AvgIpc) is 3.55. The van der Waals surface area contributed by atoms with Gasteiger partial charge in [-0.15, -0.1) is 6.58 Å². The van der Waals surface area contributed by atoms with Gasteiger partial charge in [0, 0.05) is 12.0 Å². The molecule has 3 aromatic rings. The molecular formula is C65H94O11Sn. The summed E-state index contributed by atoms with van der Waals surface area (Å²) >= 11 is -2.52. The summed E-state index contributed by atoms with van der Waals surface area (Å²) in [6.07, 6.45) is 14.5. The summed E-state index contributed by atoms with van der Waals surface area (Å²) < 4.78 is 73.6. The number of ether oxygens (including phenoxy) is 10. The number of rotatable bonds is 28. The third kappa shape index (κ3) is 15.5. The van der Waals surface area contributed by atoms with Crippen LogP contribution in [0.3, 0.4) is 0 Å². The van der Waals surface area contributed by atoms with E-state index in [0.717, 1.165) is 34.0 Å². The number of carbonyl (C=O) groups is 1. The molecule has 8 rings (SSSR count). The summed E-state index contributed by atoms with van der Waals surface area (Å²) in [7, 11) is 0. The van der Waals surface area contributed by atoms with Crippen molar-refractivity contribution < 1.29 is 52.2 Å². The molecule has 0 unspecified atom stereocenters. The van der Waals surface area contributed by atoms with Gasteiger partial charge in [-0.25, -0.2) is 0 Å². The molecule has 5 saturated heterocycles. The predicted octanol–water partition coefficient (Wildman–Crippen LogP) is 14.5. The number of hydrogen-bond donors (Lipinski definition) is 0. The summed E-state index contributed by atoms with van der Waals surface area (Å²) in [6, 6.07) is 30.6. The summed E-state index contributed by atoms with van der Waals surface area (Å²) in [6.45, 7) is 21.4. The van der Waals surface area contributed by atoms with Gasteiger partial charge in [0.05, 0.1) is 25.4 Å². The molecule has 5 heterocycles. The molecule has 3 aromatic carbocycles. The summed E-state index contributed by atoms with van der Waals surface area (Å²) in [4.78, 5) is 14.9. The van der Waals surface area contributed by atoms with Crippen LogP contribution in [0.2, 0.25) is 17.7 Å². The standard InChI is InChI=1S/C53H67O11.3C4H9.Sn/c1-7-26-50(3)47(33-51(4)44(63-50)32-43-52(5,64-51)36-58-49(61-43)39-23-16-11-17-24-39)60-48(54)31-42-41(56-27-8-2)30-46-53(6,62-42)45(57-35-38-21-14-10-15-22-38)29-40(59-46)25-18-28-55-34-37-19-12-9-13-20-37;3*1-3-4-2;/h7-17,19-24,27,40-47,49H,1-2,18,25-26,28-36H2,3-6H3;3*1,3-4H2,2H3;/b27-8-;;;;/t40-,41+,42-,43+,44-,45+,46-,47-,49-,50+,51+,52-,53+;;;;/m1..../s1. The number of fused-ring (bicyclic) bond motifs is 3. The number of unbranched alkanes of at least 4 members (excludes halogenated alkanes) is 3.